The van der Waals surface area contributed by atoms with E-state index in [0.717, 1.165) is 61.3 Å². The fourth-order valence-electron chi connectivity index (χ4n) is 6.21. The molecule has 6 heteroatoms. The number of aryl methyl sites for hydroxylation is 1. The van der Waals surface area contributed by atoms with Crippen LogP contribution >= 0.6 is 0 Å². The Morgan fingerprint density at radius 3 is 2.34 bits per heavy atom. The first kappa shape index (κ1) is 29.8. The van der Waals surface area contributed by atoms with Gasteiger partial charge in [0.1, 0.15) is 5.58 Å². The normalized spacial score (nSPS) is 12.6. The maximum absolute atomic E-state index is 7.35. The number of benzene rings is 6. The van der Waals surface area contributed by atoms with Crippen molar-refractivity contribution in [3.63, 3.8) is 0 Å². The molecule has 0 amide bonds. The Kier molecular flexibility index (Phi) is 8.12. The molecule has 0 spiro atoms. The van der Waals surface area contributed by atoms with E-state index in [1.165, 1.54) is 22.0 Å². The first-order valence-electron chi connectivity index (χ1n) is 17.8. The summed E-state index contributed by atoms with van der Waals surface area (Å²) in [5.41, 5.74) is 7.56. The number of pyridine rings is 1. The van der Waals surface area contributed by atoms with Crippen LogP contribution in [-0.2, 0) is 20.1 Å². The fourth-order valence-corrected chi connectivity index (χ4v) is 7.24. The van der Waals surface area contributed by atoms with Gasteiger partial charge in [0.2, 0.25) is 0 Å². The van der Waals surface area contributed by atoms with Crippen molar-refractivity contribution in [1.29, 1.82) is 0 Å². The minimum Gasteiger partial charge on any atom is -0.501 e. The molecule has 0 N–H and O–H groups in total. The van der Waals surface area contributed by atoms with E-state index in [9.17, 15) is 0 Å². The second kappa shape index (κ2) is 13.6. The van der Waals surface area contributed by atoms with Gasteiger partial charge >= 0.3 is 0 Å². The number of para-hydroxylation sites is 3. The van der Waals surface area contributed by atoms with E-state index in [2.05, 4.69) is 120 Å². The Labute approximate surface area is 311 Å². The van der Waals surface area contributed by atoms with Gasteiger partial charge < -0.3 is 14.0 Å². The predicted molar refractivity (Wildman–Crippen MR) is 206 cm³/mol. The summed E-state index contributed by atoms with van der Waals surface area (Å²) in [6, 6.07) is 50.8. The molecule has 0 aliphatic carbocycles. The third-order valence-corrected chi connectivity index (χ3v) is 10.9. The van der Waals surface area contributed by atoms with Gasteiger partial charge in [-0.2, -0.15) is 0 Å². The number of nitrogens with zero attached hydrogens (tertiary/aromatic N) is 3. The first-order valence-corrected chi connectivity index (χ1v) is 19.8. The van der Waals surface area contributed by atoms with Crippen LogP contribution in [0.4, 0.5) is 0 Å². The molecule has 4 nitrogen and oxygen atoms in total. The van der Waals surface area contributed by atoms with E-state index < -0.39 is 14.9 Å². The Hall–Kier alpha value is -5.13. The largest absolute Gasteiger partial charge is 0.501 e. The zero-order chi connectivity index (χ0) is 36.0. The summed E-state index contributed by atoms with van der Waals surface area (Å²) in [6.07, 6.45) is 1.92. The zero-order valence-corrected chi connectivity index (χ0v) is 31.3. The summed E-state index contributed by atoms with van der Waals surface area (Å²) in [5.74, 6) is 0.825. The molecule has 0 aliphatic rings. The molecule has 9 rings (SSSR count). The van der Waals surface area contributed by atoms with E-state index in [4.69, 9.17) is 13.5 Å². The van der Waals surface area contributed by atoms with Crippen LogP contribution in [0.15, 0.2) is 144 Å². The van der Waals surface area contributed by atoms with Crippen molar-refractivity contribution < 1.29 is 28.6 Å². The van der Waals surface area contributed by atoms with Crippen LogP contribution in [0.25, 0.3) is 72.1 Å². The number of furan rings is 1. The van der Waals surface area contributed by atoms with E-state index in [1.807, 2.05) is 42.6 Å². The first-order chi connectivity index (χ1) is 25.0. The maximum atomic E-state index is 7.35. The monoisotopic (exact) mass is 845 g/mol. The van der Waals surface area contributed by atoms with E-state index in [1.54, 1.807) is 12.1 Å². The molecule has 1 radical (unpaired) electrons. The van der Waals surface area contributed by atoms with Gasteiger partial charge in [-0.25, -0.2) is 0 Å². The minimum atomic E-state index is -2.08. The van der Waals surface area contributed by atoms with Gasteiger partial charge in [-0.3, -0.25) is 4.98 Å². The van der Waals surface area contributed by atoms with Crippen LogP contribution in [0.5, 0.6) is 0 Å². The second-order valence-electron chi connectivity index (χ2n) is 13.2. The second-order valence-corrected chi connectivity index (χ2v) is 18.2. The Morgan fingerprint density at radius 1 is 0.760 bits per heavy atom. The predicted octanol–water partition coefficient (Wildman–Crippen LogP) is 10.9. The molecule has 0 unspecified atom stereocenters. The van der Waals surface area contributed by atoms with Crippen molar-refractivity contribution in [3.8, 4) is 28.3 Å². The summed E-state index contributed by atoms with van der Waals surface area (Å²) in [4.78, 5) is 9.50. The van der Waals surface area contributed by atoms with Gasteiger partial charge in [-0.05, 0) is 52.0 Å². The average Bonchev–Trinajstić information content (AvgIpc) is 3.73. The number of fused-ring (bicyclic) bond motifs is 5. The summed E-state index contributed by atoms with van der Waals surface area (Å²) in [6.45, 7) is 4.76. The molecule has 3 aromatic heterocycles. The topological polar surface area (TPSA) is 43.9 Å². The molecule has 9 aromatic rings. The SMILES string of the molecule is [2H]C([2H])([2H])c1c[c-]c(-c2ccc([Si](C)(C)C)cn2)cc1.[Ir].[c-]1ccc2c(oc3ccccc32)c1-c1nc2ccccc2n1-c1ccc2ccccc2c1. The van der Waals surface area contributed by atoms with Crippen molar-refractivity contribution in [2.45, 2.75) is 26.5 Å². The minimum absolute atomic E-state index is 0. The van der Waals surface area contributed by atoms with Crippen LogP contribution in [0.3, 0.4) is 0 Å². The van der Waals surface area contributed by atoms with Gasteiger partial charge in [-0.1, -0.05) is 110 Å². The number of hydrogen-bond acceptors (Lipinski definition) is 3. The van der Waals surface area contributed by atoms with Gasteiger partial charge in [0, 0.05) is 41.5 Å². The van der Waals surface area contributed by atoms with Crippen LogP contribution in [0.1, 0.15) is 9.68 Å². The van der Waals surface area contributed by atoms with Crippen LogP contribution < -0.4 is 5.19 Å². The molecule has 3 heterocycles. The van der Waals surface area contributed by atoms with Gasteiger partial charge in [-0.15, -0.1) is 53.6 Å². The molecular formula is C44H35IrN3OSi-2. The number of hydrogen-bond donors (Lipinski definition) is 0. The molecule has 0 saturated heterocycles. The molecular weight excluding hydrogens is 807 g/mol. The average molecular weight is 845 g/mol. The van der Waals surface area contributed by atoms with Crippen LogP contribution in [-0.4, -0.2) is 22.6 Å². The zero-order valence-electron chi connectivity index (χ0n) is 30.9. The molecule has 50 heavy (non-hydrogen) atoms. The van der Waals surface area contributed by atoms with Gasteiger partial charge in [0.15, 0.2) is 0 Å². The summed E-state index contributed by atoms with van der Waals surface area (Å²) in [7, 11) is -1.34. The van der Waals surface area contributed by atoms with Crippen molar-refractivity contribution in [1.82, 2.24) is 14.5 Å². The van der Waals surface area contributed by atoms with Crippen molar-refractivity contribution >= 4 is 57.0 Å². The smallest absolute Gasteiger partial charge is 0.120 e. The maximum Gasteiger partial charge on any atom is 0.120 e. The Balaban J connectivity index is 0.000000180. The van der Waals surface area contributed by atoms with E-state index >= 15 is 0 Å². The van der Waals surface area contributed by atoms with Crippen LogP contribution in [0.2, 0.25) is 19.6 Å². The number of imidazole rings is 1. The standard InChI is InChI=1S/C29H17N2O.C15H18NSi.Ir/c1-2-9-20-18-21(17-16-19(20)8-1)31-26-14-5-4-13-25(26)30-29(31)24-12-7-11-23-22-10-3-6-15-27(22)32-28(23)24;1-12-5-7-13(8-6-12)15-10-9-14(11-16-15)17(2,3)4;/h1-11,13-18H;5-7,9-11H,1-4H3;/q2*-1;/i;1D3;. The van der Waals surface area contributed by atoms with Crippen LogP contribution in [0, 0.1) is 19.0 Å². The molecule has 0 bridgehead atoms. The quantitative estimate of drug-likeness (QED) is 0.131. The van der Waals surface area contributed by atoms with Crippen molar-refractivity contribution in [2.75, 3.05) is 0 Å². The molecule has 0 atom stereocenters. The van der Waals surface area contributed by atoms with E-state index in [0.29, 0.717) is 5.56 Å². The summed E-state index contributed by atoms with van der Waals surface area (Å²) < 4.78 is 30.6. The molecule has 0 aliphatic heterocycles. The molecule has 6 aromatic carbocycles. The molecule has 0 fully saturated rings. The van der Waals surface area contributed by atoms with Gasteiger partial charge in [0.05, 0.1) is 30.5 Å². The number of rotatable bonds is 4. The van der Waals surface area contributed by atoms with Crippen molar-refractivity contribution in [2.24, 2.45) is 0 Å². The fraction of sp³-hybridized carbons (Fsp3) is 0.0909. The van der Waals surface area contributed by atoms with E-state index in [-0.39, 0.29) is 20.1 Å². The third-order valence-electron chi connectivity index (χ3n) is 8.83. The Morgan fingerprint density at radius 2 is 1.56 bits per heavy atom. The summed E-state index contributed by atoms with van der Waals surface area (Å²) in [5, 5.41) is 5.89. The number of aromatic nitrogens is 3. The molecule has 247 valence electrons. The van der Waals surface area contributed by atoms with Crippen molar-refractivity contribution in [3.05, 3.63) is 157 Å². The third kappa shape index (κ3) is 6.34. The summed E-state index contributed by atoms with van der Waals surface area (Å²) >= 11 is 0. The Bertz CT molecular complexity index is 2660. The molecule has 0 saturated carbocycles. The van der Waals surface area contributed by atoms with Gasteiger partial charge in [0.25, 0.3) is 0 Å².